The van der Waals surface area contributed by atoms with E-state index >= 15 is 0 Å². The minimum atomic E-state index is -0.144. The van der Waals surface area contributed by atoms with Crippen LogP contribution in [0.25, 0.3) is 11.4 Å². The summed E-state index contributed by atoms with van der Waals surface area (Å²) in [4.78, 5) is 16.6. The Morgan fingerprint density at radius 2 is 1.74 bits per heavy atom. The van der Waals surface area contributed by atoms with Crippen LogP contribution >= 0.6 is 11.8 Å². The molecule has 2 heterocycles. The van der Waals surface area contributed by atoms with Gasteiger partial charge in [0.25, 0.3) is 0 Å². The molecule has 1 amide bonds. The molecule has 0 aliphatic carbocycles. The van der Waals surface area contributed by atoms with Crippen molar-refractivity contribution in [2.45, 2.75) is 11.7 Å². The standard InChI is InChI=1S/C23H21N5O2S/c1-30-20-10-6-5-9-19(20)25-21(29)16-31-23-27-26-22(18-11-13-24-14-12-18)28(23)15-17-7-3-2-4-8-17/h2-14H,15-16H2,1H3,(H,25,29). The Morgan fingerprint density at radius 1 is 1.00 bits per heavy atom. The number of rotatable bonds is 8. The van der Waals surface area contributed by atoms with Crippen LogP contribution in [0.1, 0.15) is 5.56 Å². The molecular formula is C23H21N5O2S. The van der Waals surface area contributed by atoms with Crippen molar-refractivity contribution in [3.05, 3.63) is 84.7 Å². The molecule has 2 aromatic heterocycles. The Bertz CT molecular complexity index is 1150. The summed E-state index contributed by atoms with van der Waals surface area (Å²) in [5, 5.41) is 12.3. The quantitative estimate of drug-likeness (QED) is 0.423. The van der Waals surface area contributed by atoms with Crippen molar-refractivity contribution in [2.24, 2.45) is 0 Å². The lowest BCUT2D eigenvalue weighted by molar-refractivity contribution is -0.113. The number of aromatic nitrogens is 4. The van der Waals surface area contributed by atoms with E-state index < -0.39 is 0 Å². The SMILES string of the molecule is COc1ccccc1NC(=O)CSc1nnc(-c2ccncc2)n1Cc1ccccc1. The highest BCUT2D eigenvalue weighted by atomic mass is 32.2. The maximum Gasteiger partial charge on any atom is 0.234 e. The molecule has 0 unspecified atom stereocenters. The number of pyridine rings is 1. The minimum absolute atomic E-state index is 0.144. The largest absolute Gasteiger partial charge is 0.495 e. The number of anilines is 1. The lowest BCUT2D eigenvalue weighted by Gasteiger charge is -2.11. The molecule has 0 bridgehead atoms. The monoisotopic (exact) mass is 431 g/mol. The summed E-state index contributed by atoms with van der Waals surface area (Å²) >= 11 is 1.34. The number of hydrogen-bond acceptors (Lipinski definition) is 6. The number of hydrogen-bond donors (Lipinski definition) is 1. The van der Waals surface area contributed by atoms with Gasteiger partial charge in [-0.05, 0) is 29.8 Å². The van der Waals surface area contributed by atoms with E-state index in [0.717, 1.165) is 17.0 Å². The molecule has 4 rings (SSSR count). The van der Waals surface area contributed by atoms with Gasteiger partial charge in [0, 0.05) is 18.0 Å². The zero-order valence-electron chi connectivity index (χ0n) is 16.9. The number of methoxy groups -OCH3 is 1. The molecule has 7 nitrogen and oxygen atoms in total. The fourth-order valence-electron chi connectivity index (χ4n) is 3.08. The van der Waals surface area contributed by atoms with Gasteiger partial charge in [-0.3, -0.25) is 14.3 Å². The molecule has 4 aromatic rings. The minimum Gasteiger partial charge on any atom is -0.495 e. The van der Waals surface area contributed by atoms with Gasteiger partial charge in [0.05, 0.1) is 25.1 Å². The van der Waals surface area contributed by atoms with Gasteiger partial charge in [0.2, 0.25) is 5.91 Å². The van der Waals surface area contributed by atoms with Crippen molar-refractivity contribution in [1.82, 2.24) is 19.7 Å². The lowest BCUT2D eigenvalue weighted by Crippen LogP contribution is -2.15. The van der Waals surface area contributed by atoms with Crippen LogP contribution in [-0.4, -0.2) is 38.5 Å². The van der Waals surface area contributed by atoms with Gasteiger partial charge >= 0.3 is 0 Å². The predicted octanol–water partition coefficient (Wildman–Crippen LogP) is 4.13. The fraction of sp³-hybridized carbons (Fsp3) is 0.130. The smallest absolute Gasteiger partial charge is 0.234 e. The Labute approximate surface area is 184 Å². The molecule has 0 aliphatic rings. The van der Waals surface area contributed by atoms with Gasteiger partial charge in [-0.15, -0.1) is 10.2 Å². The van der Waals surface area contributed by atoms with Gasteiger partial charge < -0.3 is 10.1 Å². The number of amides is 1. The van der Waals surface area contributed by atoms with E-state index in [-0.39, 0.29) is 11.7 Å². The number of nitrogens with zero attached hydrogens (tertiary/aromatic N) is 4. The highest BCUT2D eigenvalue weighted by Crippen LogP contribution is 2.26. The topological polar surface area (TPSA) is 81.9 Å². The summed E-state index contributed by atoms with van der Waals surface area (Å²) in [5.74, 6) is 1.41. The summed E-state index contributed by atoms with van der Waals surface area (Å²) in [6.07, 6.45) is 3.45. The van der Waals surface area contributed by atoms with Crippen LogP contribution in [0.2, 0.25) is 0 Å². The Kier molecular flexibility index (Phi) is 6.59. The highest BCUT2D eigenvalue weighted by Gasteiger charge is 2.16. The summed E-state index contributed by atoms with van der Waals surface area (Å²) < 4.78 is 7.31. The van der Waals surface area contributed by atoms with E-state index in [0.29, 0.717) is 23.1 Å². The van der Waals surface area contributed by atoms with Crippen molar-refractivity contribution < 1.29 is 9.53 Å². The third-order valence-corrected chi connectivity index (χ3v) is 5.52. The second-order valence-corrected chi connectivity index (χ2v) is 7.59. The zero-order chi connectivity index (χ0) is 21.5. The maximum absolute atomic E-state index is 12.5. The number of benzene rings is 2. The van der Waals surface area contributed by atoms with E-state index in [1.54, 1.807) is 31.6 Å². The van der Waals surface area contributed by atoms with Crippen LogP contribution in [-0.2, 0) is 11.3 Å². The Balaban J connectivity index is 1.53. The van der Waals surface area contributed by atoms with Crippen molar-refractivity contribution in [3.63, 3.8) is 0 Å². The van der Waals surface area contributed by atoms with Crippen LogP contribution in [0.4, 0.5) is 5.69 Å². The van der Waals surface area contributed by atoms with Crippen molar-refractivity contribution in [3.8, 4) is 17.1 Å². The van der Waals surface area contributed by atoms with E-state index in [2.05, 4.69) is 32.6 Å². The third kappa shape index (κ3) is 5.10. The Morgan fingerprint density at radius 3 is 2.52 bits per heavy atom. The number of thioether (sulfide) groups is 1. The van der Waals surface area contributed by atoms with Crippen LogP contribution in [0.3, 0.4) is 0 Å². The van der Waals surface area contributed by atoms with Crippen molar-refractivity contribution >= 4 is 23.4 Å². The third-order valence-electron chi connectivity index (χ3n) is 4.55. The lowest BCUT2D eigenvalue weighted by atomic mass is 10.2. The van der Waals surface area contributed by atoms with Gasteiger partial charge in [-0.25, -0.2) is 0 Å². The molecular weight excluding hydrogens is 410 g/mol. The summed E-state index contributed by atoms with van der Waals surface area (Å²) in [7, 11) is 1.58. The van der Waals surface area contributed by atoms with Crippen LogP contribution in [0, 0.1) is 0 Å². The zero-order valence-corrected chi connectivity index (χ0v) is 17.7. The second-order valence-electron chi connectivity index (χ2n) is 6.65. The molecule has 0 fully saturated rings. The first kappa shape index (κ1) is 20.6. The molecule has 8 heteroatoms. The van der Waals surface area contributed by atoms with Gasteiger partial charge in [-0.2, -0.15) is 0 Å². The first-order valence-corrected chi connectivity index (χ1v) is 10.7. The summed E-state index contributed by atoms with van der Waals surface area (Å²) in [6.45, 7) is 0.599. The molecule has 0 saturated carbocycles. The number of para-hydroxylation sites is 2. The van der Waals surface area contributed by atoms with Crippen LogP contribution in [0.15, 0.2) is 84.3 Å². The maximum atomic E-state index is 12.5. The first-order chi connectivity index (χ1) is 15.2. The molecule has 0 aliphatic heterocycles. The van der Waals surface area contributed by atoms with Crippen molar-refractivity contribution in [2.75, 3.05) is 18.2 Å². The molecule has 1 N–H and O–H groups in total. The number of nitrogens with one attached hydrogen (secondary N) is 1. The second kappa shape index (κ2) is 9.90. The van der Waals surface area contributed by atoms with E-state index in [1.165, 1.54) is 11.8 Å². The molecule has 0 saturated heterocycles. The average molecular weight is 432 g/mol. The van der Waals surface area contributed by atoms with Gasteiger partial charge in [-0.1, -0.05) is 54.2 Å². The van der Waals surface area contributed by atoms with Crippen molar-refractivity contribution in [1.29, 1.82) is 0 Å². The number of carbonyl (C=O) groups excluding carboxylic acids is 1. The van der Waals surface area contributed by atoms with Gasteiger partial charge in [0.15, 0.2) is 11.0 Å². The normalized spacial score (nSPS) is 10.6. The molecule has 0 spiro atoms. The van der Waals surface area contributed by atoms with Gasteiger partial charge in [0.1, 0.15) is 5.75 Å². The molecule has 2 aromatic carbocycles. The van der Waals surface area contributed by atoms with E-state index in [4.69, 9.17) is 4.74 Å². The highest BCUT2D eigenvalue weighted by molar-refractivity contribution is 7.99. The molecule has 156 valence electrons. The molecule has 0 atom stereocenters. The molecule has 0 radical (unpaired) electrons. The van der Waals surface area contributed by atoms with Crippen LogP contribution < -0.4 is 10.1 Å². The fourth-order valence-corrected chi connectivity index (χ4v) is 3.82. The number of carbonyl (C=O) groups is 1. The summed E-state index contributed by atoms with van der Waals surface area (Å²) in [6, 6.07) is 21.2. The number of ether oxygens (including phenoxy) is 1. The first-order valence-electron chi connectivity index (χ1n) is 9.68. The van der Waals surface area contributed by atoms with Crippen LogP contribution in [0.5, 0.6) is 5.75 Å². The molecule has 31 heavy (non-hydrogen) atoms. The predicted molar refractivity (Wildman–Crippen MR) is 121 cm³/mol. The van der Waals surface area contributed by atoms with E-state index in [1.807, 2.05) is 47.0 Å². The summed E-state index contributed by atoms with van der Waals surface area (Å²) in [5.41, 5.74) is 2.68. The Hall–Kier alpha value is -3.65. The van der Waals surface area contributed by atoms with E-state index in [9.17, 15) is 4.79 Å². The average Bonchev–Trinajstić information content (AvgIpc) is 3.21.